The molecule has 0 aromatic carbocycles. The lowest BCUT2D eigenvalue weighted by Crippen LogP contribution is -2.41. The minimum absolute atomic E-state index is 0.227. The minimum atomic E-state index is -0.227. The van der Waals surface area contributed by atoms with E-state index in [0.29, 0.717) is 6.42 Å². The van der Waals surface area contributed by atoms with Crippen molar-refractivity contribution in [2.24, 2.45) is 5.73 Å². The van der Waals surface area contributed by atoms with Crippen molar-refractivity contribution in [2.75, 3.05) is 13.1 Å². The van der Waals surface area contributed by atoms with Gasteiger partial charge < -0.3 is 11.1 Å². The lowest BCUT2D eigenvalue weighted by Gasteiger charge is -2.17. The van der Waals surface area contributed by atoms with E-state index in [2.05, 4.69) is 11.4 Å². The molecule has 0 radical (unpaired) electrons. The number of rotatable bonds is 1. The van der Waals surface area contributed by atoms with Crippen molar-refractivity contribution in [3.05, 3.63) is 0 Å². The van der Waals surface area contributed by atoms with E-state index in [0.717, 1.165) is 19.5 Å². The molecular weight excluding hydrogens is 114 g/mol. The second-order valence-corrected chi connectivity index (χ2v) is 2.62. The highest BCUT2D eigenvalue weighted by Crippen LogP contribution is 2.13. The highest BCUT2D eigenvalue weighted by atomic mass is 15.0. The third kappa shape index (κ3) is 1.41. The Balaban J connectivity index is 2.43. The second-order valence-electron chi connectivity index (χ2n) is 2.62. The summed E-state index contributed by atoms with van der Waals surface area (Å²) in [7, 11) is 0. The Labute approximate surface area is 54.8 Å². The average Bonchev–Trinajstić information content (AvgIpc) is 2.16. The van der Waals surface area contributed by atoms with Gasteiger partial charge in [0, 0.05) is 12.1 Å². The third-order valence-corrected chi connectivity index (χ3v) is 1.71. The predicted octanol–water partition coefficient (Wildman–Crippen LogP) is -0.409. The molecule has 1 unspecified atom stereocenters. The monoisotopic (exact) mass is 125 g/mol. The van der Waals surface area contributed by atoms with Gasteiger partial charge in [0.25, 0.3) is 0 Å². The van der Waals surface area contributed by atoms with Crippen LogP contribution in [0.4, 0.5) is 0 Å². The molecule has 0 bridgehead atoms. The lowest BCUT2D eigenvalue weighted by atomic mass is 9.97. The summed E-state index contributed by atoms with van der Waals surface area (Å²) in [5.41, 5.74) is 5.56. The van der Waals surface area contributed by atoms with Crippen molar-refractivity contribution in [3.8, 4) is 6.07 Å². The van der Waals surface area contributed by atoms with Crippen LogP contribution < -0.4 is 11.1 Å². The molecule has 3 N–H and O–H groups in total. The number of nitrogens with one attached hydrogen (secondary N) is 1. The zero-order chi connectivity index (χ0) is 6.74. The van der Waals surface area contributed by atoms with Crippen LogP contribution >= 0.6 is 0 Å². The molecule has 0 amide bonds. The average molecular weight is 125 g/mol. The van der Waals surface area contributed by atoms with Gasteiger partial charge in [-0.2, -0.15) is 5.26 Å². The summed E-state index contributed by atoms with van der Waals surface area (Å²) < 4.78 is 0. The Hall–Kier alpha value is -0.590. The number of nitrogens with zero attached hydrogens (tertiary/aromatic N) is 1. The van der Waals surface area contributed by atoms with Crippen molar-refractivity contribution in [3.63, 3.8) is 0 Å². The largest absolute Gasteiger partial charge is 0.323 e. The Morgan fingerprint density at radius 2 is 2.56 bits per heavy atom. The number of nitriles is 1. The van der Waals surface area contributed by atoms with Crippen LogP contribution in [0.5, 0.6) is 0 Å². The molecule has 0 aliphatic carbocycles. The van der Waals surface area contributed by atoms with Crippen LogP contribution in [-0.4, -0.2) is 18.6 Å². The van der Waals surface area contributed by atoms with Crippen molar-refractivity contribution in [2.45, 2.75) is 18.4 Å². The van der Waals surface area contributed by atoms with Gasteiger partial charge >= 0.3 is 0 Å². The highest BCUT2D eigenvalue weighted by Gasteiger charge is 2.28. The SMILES string of the molecule is N#CCC1(N)CCNC1. The summed E-state index contributed by atoms with van der Waals surface area (Å²) >= 11 is 0. The van der Waals surface area contributed by atoms with E-state index in [9.17, 15) is 0 Å². The van der Waals surface area contributed by atoms with Crippen LogP contribution in [0.2, 0.25) is 0 Å². The van der Waals surface area contributed by atoms with Gasteiger partial charge in [-0.15, -0.1) is 0 Å². The molecular formula is C6H11N3. The number of nitrogens with two attached hydrogens (primary N) is 1. The predicted molar refractivity (Wildman–Crippen MR) is 34.6 cm³/mol. The van der Waals surface area contributed by atoms with Crippen molar-refractivity contribution in [1.29, 1.82) is 5.26 Å². The summed E-state index contributed by atoms with van der Waals surface area (Å²) in [5, 5.41) is 11.5. The maximum atomic E-state index is 8.33. The van der Waals surface area contributed by atoms with E-state index in [-0.39, 0.29) is 5.54 Å². The van der Waals surface area contributed by atoms with E-state index >= 15 is 0 Å². The van der Waals surface area contributed by atoms with E-state index in [1.807, 2.05) is 0 Å². The summed E-state index contributed by atoms with van der Waals surface area (Å²) in [4.78, 5) is 0. The van der Waals surface area contributed by atoms with Crippen LogP contribution in [0.1, 0.15) is 12.8 Å². The second kappa shape index (κ2) is 2.34. The molecule has 9 heavy (non-hydrogen) atoms. The van der Waals surface area contributed by atoms with E-state index in [4.69, 9.17) is 11.0 Å². The summed E-state index contributed by atoms with van der Waals surface area (Å²) in [5.74, 6) is 0. The van der Waals surface area contributed by atoms with Gasteiger partial charge in [-0.3, -0.25) is 0 Å². The highest BCUT2D eigenvalue weighted by molar-refractivity contribution is 4.98. The smallest absolute Gasteiger partial charge is 0.0641 e. The van der Waals surface area contributed by atoms with Gasteiger partial charge in [0.05, 0.1) is 12.5 Å². The molecule has 1 aliphatic heterocycles. The first-order valence-corrected chi connectivity index (χ1v) is 3.13. The fourth-order valence-corrected chi connectivity index (χ4v) is 1.07. The van der Waals surface area contributed by atoms with Gasteiger partial charge in [0.1, 0.15) is 0 Å². The molecule has 1 atom stereocenters. The molecule has 0 spiro atoms. The summed E-state index contributed by atoms with van der Waals surface area (Å²) in [6, 6.07) is 2.09. The third-order valence-electron chi connectivity index (χ3n) is 1.71. The Morgan fingerprint density at radius 1 is 1.78 bits per heavy atom. The van der Waals surface area contributed by atoms with Gasteiger partial charge in [-0.1, -0.05) is 0 Å². The molecule has 3 heteroatoms. The molecule has 50 valence electrons. The molecule has 0 saturated carbocycles. The normalized spacial score (nSPS) is 34.2. The molecule has 1 rings (SSSR count). The van der Waals surface area contributed by atoms with Crippen molar-refractivity contribution in [1.82, 2.24) is 5.32 Å². The van der Waals surface area contributed by atoms with E-state index in [1.165, 1.54) is 0 Å². The van der Waals surface area contributed by atoms with Gasteiger partial charge in [-0.05, 0) is 13.0 Å². The number of hydrogen-bond acceptors (Lipinski definition) is 3. The van der Waals surface area contributed by atoms with Crippen LogP contribution in [0.3, 0.4) is 0 Å². The fourth-order valence-electron chi connectivity index (χ4n) is 1.07. The number of hydrogen-bond donors (Lipinski definition) is 2. The zero-order valence-corrected chi connectivity index (χ0v) is 5.35. The molecule has 1 heterocycles. The van der Waals surface area contributed by atoms with Crippen LogP contribution in [0.25, 0.3) is 0 Å². The van der Waals surface area contributed by atoms with Gasteiger partial charge in [0.2, 0.25) is 0 Å². The molecule has 0 aromatic heterocycles. The van der Waals surface area contributed by atoms with Crippen molar-refractivity contribution >= 4 is 0 Å². The fraction of sp³-hybridized carbons (Fsp3) is 0.833. The first kappa shape index (κ1) is 6.53. The standard InChI is InChI=1S/C6H11N3/c7-3-1-6(8)2-4-9-5-6/h9H,1-2,4-5,8H2. The molecule has 3 nitrogen and oxygen atoms in total. The minimum Gasteiger partial charge on any atom is -0.323 e. The van der Waals surface area contributed by atoms with E-state index in [1.54, 1.807) is 0 Å². The Bertz CT molecular complexity index is 130. The Kier molecular flexibility index (Phi) is 1.70. The quantitative estimate of drug-likeness (QED) is 0.501. The summed E-state index contributed by atoms with van der Waals surface area (Å²) in [6.45, 7) is 1.75. The lowest BCUT2D eigenvalue weighted by molar-refractivity contribution is 0.479. The van der Waals surface area contributed by atoms with Gasteiger partial charge in [-0.25, -0.2) is 0 Å². The summed E-state index contributed by atoms with van der Waals surface area (Å²) in [6.07, 6.45) is 1.40. The molecule has 1 fully saturated rings. The zero-order valence-electron chi connectivity index (χ0n) is 5.35. The molecule has 1 aliphatic rings. The molecule has 1 saturated heterocycles. The molecule has 0 aromatic rings. The first-order chi connectivity index (χ1) is 4.27. The van der Waals surface area contributed by atoms with Crippen molar-refractivity contribution < 1.29 is 0 Å². The van der Waals surface area contributed by atoms with Crippen LogP contribution in [0.15, 0.2) is 0 Å². The first-order valence-electron chi connectivity index (χ1n) is 3.13. The maximum Gasteiger partial charge on any atom is 0.0641 e. The maximum absolute atomic E-state index is 8.33. The van der Waals surface area contributed by atoms with Crippen LogP contribution in [-0.2, 0) is 0 Å². The van der Waals surface area contributed by atoms with Crippen LogP contribution in [0, 0.1) is 11.3 Å². The topological polar surface area (TPSA) is 61.8 Å². The van der Waals surface area contributed by atoms with E-state index < -0.39 is 0 Å². The van der Waals surface area contributed by atoms with Gasteiger partial charge in [0.15, 0.2) is 0 Å². The Morgan fingerprint density at radius 3 is 3.00 bits per heavy atom.